The Morgan fingerprint density at radius 1 is 1.00 bits per heavy atom. The average Bonchev–Trinajstić information content (AvgIpc) is 2.26. The number of unbranched alkanes of at least 4 members (excludes halogenated alkanes) is 1. The molecule has 98 valence electrons. The van der Waals surface area contributed by atoms with Gasteiger partial charge >= 0.3 is 0 Å². The van der Waals surface area contributed by atoms with Crippen LogP contribution in [0.5, 0.6) is 0 Å². The van der Waals surface area contributed by atoms with E-state index < -0.39 is 0 Å². The fourth-order valence-corrected chi connectivity index (χ4v) is 1.13. The molecule has 0 spiro atoms. The Balaban J connectivity index is 3.04. The Hall–Kier alpha value is -0.120. The molecule has 0 aromatic carbocycles. The summed E-state index contributed by atoms with van der Waals surface area (Å²) in [6.45, 7) is 13.0. The first-order valence-electron chi connectivity index (χ1n) is 6.58. The van der Waals surface area contributed by atoms with Gasteiger partial charge in [-0.15, -0.1) is 0 Å². The van der Waals surface area contributed by atoms with Crippen LogP contribution in [-0.4, -0.2) is 39.0 Å². The molecule has 0 rings (SSSR count). The Labute approximate surface area is 101 Å². The highest BCUT2D eigenvalue weighted by molar-refractivity contribution is 4.55. The third-order valence-corrected chi connectivity index (χ3v) is 2.66. The minimum Gasteiger partial charge on any atom is -0.380 e. The molecule has 3 nitrogen and oxygen atoms in total. The molecule has 0 aliphatic heterocycles. The molecule has 1 atom stereocenters. The van der Waals surface area contributed by atoms with E-state index >= 15 is 0 Å². The Morgan fingerprint density at radius 2 is 1.69 bits per heavy atom. The molecule has 0 radical (unpaired) electrons. The highest BCUT2D eigenvalue weighted by Gasteiger charge is 2.05. The maximum atomic E-state index is 5.65. The van der Waals surface area contributed by atoms with Crippen LogP contribution in [0.3, 0.4) is 0 Å². The van der Waals surface area contributed by atoms with Gasteiger partial charge in [0.05, 0.1) is 19.3 Å². The van der Waals surface area contributed by atoms with Crippen LogP contribution in [0.15, 0.2) is 0 Å². The van der Waals surface area contributed by atoms with E-state index in [0.717, 1.165) is 39.3 Å². The van der Waals surface area contributed by atoms with E-state index in [1.54, 1.807) is 0 Å². The summed E-state index contributed by atoms with van der Waals surface area (Å²) in [4.78, 5) is 0. The molecular weight excluding hydrogens is 202 g/mol. The van der Waals surface area contributed by atoms with E-state index in [9.17, 15) is 0 Å². The second-order valence-electron chi connectivity index (χ2n) is 4.54. The van der Waals surface area contributed by atoms with Gasteiger partial charge in [0.2, 0.25) is 0 Å². The standard InChI is InChI=1S/C13H29NO2/c1-5-6-9-15-10-7-14-8-11-16-13(4)12(2)3/h12-14H,5-11H2,1-4H3. The summed E-state index contributed by atoms with van der Waals surface area (Å²) in [5, 5.41) is 3.31. The zero-order valence-electron chi connectivity index (χ0n) is 11.4. The zero-order valence-corrected chi connectivity index (χ0v) is 11.4. The molecule has 1 N–H and O–H groups in total. The predicted octanol–water partition coefficient (Wildman–Crippen LogP) is 2.45. The first-order valence-corrected chi connectivity index (χ1v) is 6.58. The highest BCUT2D eigenvalue weighted by atomic mass is 16.5. The molecule has 0 bridgehead atoms. The number of ether oxygens (including phenoxy) is 2. The summed E-state index contributed by atoms with van der Waals surface area (Å²) in [6, 6.07) is 0. The molecule has 0 saturated heterocycles. The molecule has 1 unspecified atom stereocenters. The summed E-state index contributed by atoms with van der Waals surface area (Å²) in [5.41, 5.74) is 0. The first-order chi connectivity index (χ1) is 7.68. The van der Waals surface area contributed by atoms with Crippen LogP contribution >= 0.6 is 0 Å². The third-order valence-electron chi connectivity index (χ3n) is 2.66. The molecule has 0 aliphatic rings. The van der Waals surface area contributed by atoms with Crippen molar-refractivity contribution in [2.75, 3.05) is 32.9 Å². The maximum absolute atomic E-state index is 5.65. The molecule has 0 aliphatic carbocycles. The van der Waals surface area contributed by atoms with Gasteiger partial charge in [-0.05, 0) is 19.3 Å². The van der Waals surface area contributed by atoms with Crippen molar-refractivity contribution in [1.29, 1.82) is 0 Å². The minimum atomic E-state index is 0.350. The van der Waals surface area contributed by atoms with E-state index in [4.69, 9.17) is 9.47 Å². The molecule has 0 aromatic heterocycles. The van der Waals surface area contributed by atoms with Gasteiger partial charge in [-0.1, -0.05) is 27.2 Å². The normalized spacial score (nSPS) is 13.3. The van der Waals surface area contributed by atoms with Crippen molar-refractivity contribution >= 4 is 0 Å². The van der Waals surface area contributed by atoms with Crippen LogP contribution in [0.4, 0.5) is 0 Å². The minimum absolute atomic E-state index is 0.350. The fourth-order valence-electron chi connectivity index (χ4n) is 1.13. The van der Waals surface area contributed by atoms with Crippen LogP contribution in [0.1, 0.15) is 40.5 Å². The van der Waals surface area contributed by atoms with E-state index in [2.05, 4.69) is 33.0 Å². The summed E-state index contributed by atoms with van der Waals surface area (Å²) < 4.78 is 11.1. The zero-order chi connectivity index (χ0) is 12.2. The molecule has 0 fully saturated rings. The molecule has 0 aromatic rings. The summed E-state index contributed by atoms with van der Waals surface area (Å²) in [6.07, 6.45) is 2.71. The van der Waals surface area contributed by atoms with Gasteiger partial charge in [-0.2, -0.15) is 0 Å². The van der Waals surface area contributed by atoms with E-state index in [0.29, 0.717) is 12.0 Å². The maximum Gasteiger partial charge on any atom is 0.0594 e. The molecule has 0 saturated carbocycles. The molecule has 16 heavy (non-hydrogen) atoms. The SMILES string of the molecule is CCCCOCCNCCOC(C)C(C)C. The first kappa shape index (κ1) is 15.9. The van der Waals surface area contributed by atoms with Gasteiger partial charge in [0.1, 0.15) is 0 Å². The van der Waals surface area contributed by atoms with Gasteiger partial charge in [-0.3, -0.25) is 0 Å². The van der Waals surface area contributed by atoms with Gasteiger partial charge in [0.25, 0.3) is 0 Å². The summed E-state index contributed by atoms with van der Waals surface area (Å²) in [7, 11) is 0. The Morgan fingerprint density at radius 3 is 2.31 bits per heavy atom. The van der Waals surface area contributed by atoms with Crippen LogP contribution in [0, 0.1) is 5.92 Å². The van der Waals surface area contributed by atoms with E-state index in [-0.39, 0.29) is 0 Å². The lowest BCUT2D eigenvalue weighted by molar-refractivity contribution is 0.0364. The predicted molar refractivity (Wildman–Crippen MR) is 68.8 cm³/mol. The largest absolute Gasteiger partial charge is 0.380 e. The monoisotopic (exact) mass is 231 g/mol. The Kier molecular flexibility index (Phi) is 11.3. The van der Waals surface area contributed by atoms with Gasteiger partial charge in [0, 0.05) is 19.7 Å². The number of nitrogens with one attached hydrogen (secondary N) is 1. The van der Waals surface area contributed by atoms with Crippen LogP contribution in [0.25, 0.3) is 0 Å². The van der Waals surface area contributed by atoms with Crippen LogP contribution < -0.4 is 5.32 Å². The Bertz CT molecular complexity index is 140. The third kappa shape index (κ3) is 10.4. The van der Waals surface area contributed by atoms with Crippen molar-refractivity contribution in [1.82, 2.24) is 5.32 Å². The molecule has 0 heterocycles. The summed E-state index contributed by atoms with van der Waals surface area (Å²) in [5.74, 6) is 0.595. The van der Waals surface area contributed by atoms with E-state index in [1.165, 1.54) is 6.42 Å². The van der Waals surface area contributed by atoms with Gasteiger partial charge in [0.15, 0.2) is 0 Å². The van der Waals surface area contributed by atoms with Gasteiger partial charge < -0.3 is 14.8 Å². The second kappa shape index (κ2) is 11.4. The van der Waals surface area contributed by atoms with Crippen molar-refractivity contribution in [3.8, 4) is 0 Å². The molecule has 0 amide bonds. The quantitative estimate of drug-likeness (QED) is 0.554. The number of rotatable bonds is 11. The van der Waals surface area contributed by atoms with Crippen LogP contribution in [-0.2, 0) is 9.47 Å². The smallest absolute Gasteiger partial charge is 0.0594 e. The average molecular weight is 231 g/mol. The second-order valence-corrected chi connectivity index (χ2v) is 4.54. The highest BCUT2D eigenvalue weighted by Crippen LogP contribution is 2.03. The van der Waals surface area contributed by atoms with Crippen molar-refractivity contribution < 1.29 is 9.47 Å². The summed E-state index contributed by atoms with van der Waals surface area (Å²) >= 11 is 0. The fraction of sp³-hybridized carbons (Fsp3) is 1.00. The lowest BCUT2D eigenvalue weighted by Crippen LogP contribution is -2.26. The topological polar surface area (TPSA) is 30.5 Å². The van der Waals surface area contributed by atoms with Crippen molar-refractivity contribution in [3.05, 3.63) is 0 Å². The van der Waals surface area contributed by atoms with Crippen molar-refractivity contribution in [3.63, 3.8) is 0 Å². The molecular formula is C13H29NO2. The lowest BCUT2D eigenvalue weighted by atomic mass is 10.1. The van der Waals surface area contributed by atoms with Crippen molar-refractivity contribution in [2.24, 2.45) is 5.92 Å². The molecule has 3 heteroatoms. The number of hydrogen-bond donors (Lipinski definition) is 1. The number of hydrogen-bond acceptors (Lipinski definition) is 3. The lowest BCUT2D eigenvalue weighted by Gasteiger charge is -2.16. The van der Waals surface area contributed by atoms with E-state index in [1.807, 2.05) is 0 Å². The van der Waals surface area contributed by atoms with Gasteiger partial charge in [-0.25, -0.2) is 0 Å². The van der Waals surface area contributed by atoms with Crippen LogP contribution in [0.2, 0.25) is 0 Å². The van der Waals surface area contributed by atoms with Crippen molar-refractivity contribution in [2.45, 2.75) is 46.6 Å².